The standard InChI is InChI=1S/C22H22N4O3/c1-11-10-25-22(29-14-5-6-14)19-18(17(21(24)27)12(2)26-20(11)19)15-7-4-13(9-23)8-16(15)28-3/h4,7-8,10,14,18,26H,5-6H2,1-3H3,(H2,24,27). The summed E-state index contributed by atoms with van der Waals surface area (Å²) in [5.74, 6) is -0.0564. The van der Waals surface area contributed by atoms with Crippen LogP contribution in [-0.2, 0) is 4.79 Å². The second-order valence-corrected chi connectivity index (χ2v) is 7.38. The summed E-state index contributed by atoms with van der Waals surface area (Å²) in [5, 5.41) is 12.6. The van der Waals surface area contributed by atoms with Crippen LogP contribution in [0.25, 0.3) is 0 Å². The number of nitrogens with zero attached hydrogens (tertiary/aromatic N) is 2. The molecule has 2 aliphatic rings. The molecular weight excluding hydrogens is 368 g/mol. The summed E-state index contributed by atoms with van der Waals surface area (Å²) in [7, 11) is 1.54. The number of methoxy groups -OCH3 is 1. The minimum Gasteiger partial charge on any atom is -0.496 e. The van der Waals surface area contributed by atoms with Crippen molar-refractivity contribution >= 4 is 11.6 Å². The first kappa shape index (κ1) is 18.8. The van der Waals surface area contributed by atoms with E-state index < -0.39 is 11.8 Å². The minimum atomic E-state index is -0.532. The summed E-state index contributed by atoms with van der Waals surface area (Å²) < 4.78 is 11.7. The van der Waals surface area contributed by atoms with E-state index in [0.717, 1.165) is 35.2 Å². The van der Waals surface area contributed by atoms with Crippen LogP contribution in [0.4, 0.5) is 5.69 Å². The number of carbonyl (C=O) groups excluding carboxylic acids is 1. The maximum atomic E-state index is 12.5. The van der Waals surface area contributed by atoms with Crippen LogP contribution in [0.2, 0.25) is 0 Å². The number of amides is 1. The van der Waals surface area contributed by atoms with Gasteiger partial charge in [-0.05, 0) is 44.4 Å². The van der Waals surface area contributed by atoms with Crippen LogP contribution in [0.1, 0.15) is 47.9 Å². The van der Waals surface area contributed by atoms with E-state index in [4.69, 9.17) is 15.2 Å². The molecule has 3 N–H and O–H groups in total. The normalized spacial score (nSPS) is 17.8. The molecule has 0 spiro atoms. The summed E-state index contributed by atoms with van der Waals surface area (Å²) >= 11 is 0. The summed E-state index contributed by atoms with van der Waals surface area (Å²) in [5.41, 5.74) is 10.7. The van der Waals surface area contributed by atoms with E-state index in [0.29, 0.717) is 28.5 Å². The Balaban J connectivity index is 2.00. The highest BCUT2D eigenvalue weighted by Crippen LogP contribution is 2.49. The first-order valence-electron chi connectivity index (χ1n) is 9.46. The fourth-order valence-corrected chi connectivity index (χ4v) is 3.75. The van der Waals surface area contributed by atoms with Crippen molar-refractivity contribution in [1.82, 2.24) is 4.98 Å². The monoisotopic (exact) mass is 390 g/mol. The average molecular weight is 390 g/mol. The van der Waals surface area contributed by atoms with Crippen LogP contribution in [0, 0.1) is 18.3 Å². The number of rotatable bonds is 5. The molecule has 7 heteroatoms. The average Bonchev–Trinajstić information content (AvgIpc) is 3.52. The molecule has 1 amide bonds. The second kappa shape index (κ2) is 7.13. The zero-order valence-corrected chi connectivity index (χ0v) is 16.6. The molecule has 1 unspecified atom stereocenters. The number of nitrogens with one attached hydrogen (secondary N) is 1. The van der Waals surface area contributed by atoms with Crippen molar-refractivity contribution in [1.29, 1.82) is 5.26 Å². The van der Waals surface area contributed by atoms with Crippen LogP contribution >= 0.6 is 0 Å². The van der Waals surface area contributed by atoms with Crippen LogP contribution in [0.15, 0.2) is 35.7 Å². The highest BCUT2D eigenvalue weighted by molar-refractivity contribution is 5.98. The second-order valence-electron chi connectivity index (χ2n) is 7.38. The number of carbonyl (C=O) groups is 1. The van der Waals surface area contributed by atoms with E-state index in [2.05, 4.69) is 16.4 Å². The Bertz CT molecular complexity index is 1080. The van der Waals surface area contributed by atoms with Gasteiger partial charge in [-0.25, -0.2) is 4.98 Å². The molecule has 1 atom stereocenters. The van der Waals surface area contributed by atoms with Crippen LogP contribution in [0.3, 0.4) is 0 Å². The third kappa shape index (κ3) is 3.27. The Hall–Kier alpha value is -3.53. The number of pyridine rings is 1. The quantitative estimate of drug-likeness (QED) is 0.812. The molecule has 0 radical (unpaired) electrons. The fraction of sp³-hybridized carbons (Fsp3) is 0.318. The van der Waals surface area contributed by atoms with Gasteiger partial charge in [0.25, 0.3) is 0 Å². The number of anilines is 1. The van der Waals surface area contributed by atoms with E-state index in [9.17, 15) is 10.1 Å². The number of nitrogens with two attached hydrogens (primary N) is 1. The van der Waals surface area contributed by atoms with Gasteiger partial charge >= 0.3 is 0 Å². The number of allylic oxidation sites excluding steroid dienone is 1. The Labute approximate surface area is 169 Å². The number of benzene rings is 1. The number of nitriles is 1. The molecule has 1 saturated carbocycles. The van der Waals surface area contributed by atoms with Gasteiger partial charge in [-0.15, -0.1) is 0 Å². The van der Waals surface area contributed by atoms with E-state index in [1.165, 1.54) is 0 Å². The molecule has 4 rings (SSSR count). The highest BCUT2D eigenvalue weighted by atomic mass is 16.5. The van der Waals surface area contributed by atoms with E-state index in [-0.39, 0.29) is 6.10 Å². The van der Waals surface area contributed by atoms with Crippen molar-refractivity contribution in [2.75, 3.05) is 12.4 Å². The van der Waals surface area contributed by atoms with Gasteiger partial charge in [0.1, 0.15) is 11.9 Å². The third-order valence-electron chi connectivity index (χ3n) is 5.31. The summed E-state index contributed by atoms with van der Waals surface area (Å²) in [4.78, 5) is 17.0. The van der Waals surface area contributed by atoms with Gasteiger partial charge in [-0.1, -0.05) is 6.07 Å². The molecule has 2 heterocycles. The van der Waals surface area contributed by atoms with E-state index in [1.54, 1.807) is 31.5 Å². The molecule has 0 bridgehead atoms. The smallest absolute Gasteiger partial charge is 0.247 e. The van der Waals surface area contributed by atoms with Crippen molar-refractivity contribution in [3.05, 3.63) is 57.9 Å². The van der Waals surface area contributed by atoms with Crippen molar-refractivity contribution in [3.8, 4) is 17.7 Å². The zero-order chi connectivity index (χ0) is 20.7. The van der Waals surface area contributed by atoms with Crippen molar-refractivity contribution in [3.63, 3.8) is 0 Å². The lowest BCUT2D eigenvalue weighted by molar-refractivity contribution is -0.114. The number of primary amides is 1. The number of aryl methyl sites for hydroxylation is 1. The number of fused-ring (bicyclic) bond motifs is 1. The predicted molar refractivity (Wildman–Crippen MR) is 108 cm³/mol. The first-order valence-corrected chi connectivity index (χ1v) is 9.46. The molecule has 0 saturated heterocycles. The Morgan fingerprint density at radius 3 is 2.72 bits per heavy atom. The summed E-state index contributed by atoms with van der Waals surface area (Å²) in [6, 6.07) is 7.29. The van der Waals surface area contributed by atoms with E-state index >= 15 is 0 Å². The molecular formula is C22H22N4O3. The number of hydrogen-bond donors (Lipinski definition) is 2. The van der Waals surface area contributed by atoms with E-state index in [1.807, 2.05) is 13.8 Å². The number of hydrogen-bond acceptors (Lipinski definition) is 6. The molecule has 1 aromatic carbocycles. The van der Waals surface area contributed by atoms with Crippen molar-refractivity contribution in [2.24, 2.45) is 5.73 Å². The van der Waals surface area contributed by atoms with Gasteiger partial charge in [0, 0.05) is 23.0 Å². The highest BCUT2D eigenvalue weighted by Gasteiger charge is 2.38. The molecule has 1 aliphatic heterocycles. The SMILES string of the molecule is COc1cc(C#N)ccc1C1C(C(N)=O)=C(C)Nc2c(C)cnc(OC3CC3)c21. The number of ether oxygens (including phenoxy) is 2. The minimum absolute atomic E-state index is 0.141. The molecule has 148 valence electrons. The Kier molecular flexibility index (Phi) is 4.63. The molecule has 1 aromatic heterocycles. The van der Waals surface area contributed by atoms with Crippen LogP contribution in [0.5, 0.6) is 11.6 Å². The predicted octanol–water partition coefficient (Wildman–Crippen LogP) is 3.13. The summed E-state index contributed by atoms with van der Waals surface area (Å²) in [6.07, 6.45) is 3.88. The molecule has 1 aliphatic carbocycles. The molecule has 1 fully saturated rings. The summed E-state index contributed by atoms with van der Waals surface area (Å²) in [6.45, 7) is 3.78. The Morgan fingerprint density at radius 1 is 1.34 bits per heavy atom. The fourth-order valence-electron chi connectivity index (χ4n) is 3.75. The van der Waals surface area contributed by atoms with Crippen LogP contribution in [-0.4, -0.2) is 24.1 Å². The van der Waals surface area contributed by atoms with Crippen molar-refractivity contribution in [2.45, 2.75) is 38.7 Å². The molecule has 29 heavy (non-hydrogen) atoms. The lowest BCUT2D eigenvalue weighted by Gasteiger charge is -2.32. The maximum Gasteiger partial charge on any atom is 0.247 e. The lowest BCUT2D eigenvalue weighted by atomic mass is 9.79. The molecule has 2 aromatic rings. The van der Waals surface area contributed by atoms with Gasteiger partial charge in [0.15, 0.2) is 0 Å². The maximum absolute atomic E-state index is 12.5. The molecule has 7 nitrogen and oxygen atoms in total. The lowest BCUT2D eigenvalue weighted by Crippen LogP contribution is -2.28. The van der Waals surface area contributed by atoms with Crippen molar-refractivity contribution < 1.29 is 14.3 Å². The van der Waals surface area contributed by atoms with Gasteiger partial charge in [-0.2, -0.15) is 5.26 Å². The number of aromatic nitrogens is 1. The van der Waals surface area contributed by atoms with Gasteiger partial charge in [0.2, 0.25) is 11.8 Å². The first-order chi connectivity index (χ1) is 13.9. The van der Waals surface area contributed by atoms with Gasteiger partial charge in [-0.3, -0.25) is 4.79 Å². The third-order valence-corrected chi connectivity index (χ3v) is 5.31. The van der Waals surface area contributed by atoms with Gasteiger partial charge in [0.05, 0.1) is 35.9 Å². The zero-order valence-electron chi connectivity index (χ0n) is 16.6. The topological polar surface area (TPSA) is 110 Å². The van der Waals surface area contributed by atoms with Gasteiger partial charge < -0.3 is 20.5 Å². The largest absolute Gasteiger partial charge is 0.496 e. The van der Waals surface area contributed by atoms with Crippen LogP contribution < -0.4 is 20.5 Å². The Morgan fingerprint density at radius 2 is 2.10 bits per heavy atom.